The van der Waals surface area contributed by atoms with Crippen LogP contribution in [0.3, 0.4) is 0 Å². The molecule has 4 heteroatoms. The van der Waals surface area contributed by atoms with E-state index in [1.807, 2.05) is 6.20 Å². The van der Waals surface area contributed by atoms with Gasteiger partial charge >= 0.3 is 0 Å². The molecule has 1 rings (SSSR count). The highest BCUT2D eigenvalue weighted by atomic mass is 79.9. The molecule has 1 heterocycles. The van der Waals surface area contributed by atoms with Gasteiger partial charge in [-0.2, -0.15) is 5.10 Å². The zero-order valence-electron chi connectivity index (χ0n) is 12.2. The number of aryl methyl sites for hydroxylation is 1. The Bertz CT molecular complexity index is 360. The molecule has 2 unspecified atom stereocenters. The largest absolute Gasteiger partial charge is 0.308 e. The summed E-state index contributed by atoms with van der Waals surface area (Å²) in [6.45, 7) is 13.2. The van der Waals surface area contributed by atoms with Crippen LogP contribution in [0, 0.1) is 11.8 Å². The Morgan fingerprint density at radius 1 is 1.33 bits per heavy atom. The number of nitrogens with one attached hydrogen (secondary N) is 1. The third-order valence-electron chi connectivity index (χ3n) is 3.62. The molecule has 1 aromatic heterocycles. The lowest BCUT2D eigenvalue weighted by Crippen LogP contribution is -2.32. The molecule has 0 bridgehead atoms. The molecule has 0 amide bonds. The number of halogens is 1. The zero-order chi connectivity index (χ0) is 13.7. The summed E-state index contributed by atoms with van der Waals surface area (Å²) in [6, 6.07) is 0.363. The topological polar surface area (TPSA) is 29.9 Å². The van der Waals surface area contributed by atoms with E-state index < -0.39 is 0 Å². The molecule has 104 valence electrons. The highest BCUT2D eigenvalue weighted by Crippen LogP contribution is 2.32. The minimum atomic E-state index is 0.363. The van der Waals surface area contributed by atoms with Crippen LogP contribution in [0.15, 0.2) is 10.7 Å². The SMILES string of the molecule is CCCNC(c1c(Br)cnn1CC)C(C)C(C)C. The van der Waals surface area contributed by atoms with E-state index in [9.17, 15) is 0 Å². The van der Waals surface area contributed by atoms with Gasteiger partial charge in [0.05, 0.1) is 22.4 Å². The zero-order valence-corrected chi connectivity index (χ0v) is 13.8. The first-order chi connectivity index (χ1) is 8.52. The first-order valence-corrected chi connectivity index (χ1v) is 7.76. The van der Waals surface area contributed by atoms with Crippen molar-refractivity contribution in [3.8, 4) is 0 Å². The molecule has 0 radical (unpaired) electrons. The molecule has 0 aromatic carbocycles. The monoisotopic (exact) mass is 315 g/mol. The number of hydrogen-bond acceptors (Lipinski definition) is 2. The third kappa shape index (κ3) is 3.58. The molecule has 2 atom stereocenters. The maximum absolute atomic E-state index is 4.43. The lowest BCUT2D eigenvalue weighted by Gasteiger charge is -2.29. The van der Waals surface area contributed by atoms with Crippen molar-refractivity contribution < 1.29 is 0 Å². The fraction of sp³-hybridized carbons (Fsp3) is 0.786. The van der Waals surface area contributed by atoms with Crippen LogP contribution in [0.1, 0.15) is 52.8 Å². The Kier molecular flexibility index (Phi) is 6.36. The molecule has 1 aromatic rings. The summed E-state index contributed by atoms with van der Waals surface area (Å²) in [5, 5.41) is 8.11. The van der Waals surface area contributed by atoms with Gasteiger partial charge in [-0.3, -0.25) is 4.68 Å². The summed E-state index contributed by atoms with van der Waals surface area (Å²) in [5.41, 5.74) is 1.28. The van der Waals surface area contributed by atoms with Gasteiger partial charge in [-0.1, -0.05) is 27.7 Å². The second-order valence-electron chi connectivity index (χ2n) is 5.23. The molecule has 0 aliphatic carbocycles. The fourth-order valence-electron chi connectivity index (χ4n) is 2.15. The molecule has 0 spiro atoms. The summed E-state index contributed by atoms with van der Waals surface area (Å²) >= 11 is 3.64. The van der Waals surface area contributed by atoms with Crippen molar-refractivity contribution >= 4 is 15.9 Å². The predicted molar refractivity (Wildman–Crippen MR) is 80.6 cm³/mol. The van der Waals surface area contributed by atoms with E-state index in [2.05, 4.69) is 65.6 Å². The molecule has 0 saturated carbocycles. The minimum Gasteiger partial charge on any atom is -0.308 e. The van der Waals surface area contributed by atoms with Gasteiger partial charge in [0.2, 0.25) is 0 Å². The first kappa shape index (κ1) is 15.7. The molecule has 0 fully saturated rings. The number of rotatable bonds is 7. The molecule has 0 aliphatic heterocycles. The van der Waals surface area contributed by atoms with Crippen molar-refractivity contribution in [3.63, 3.8) is 0 Å². The van der Waals surface area contributed by atoms with Crippen LogP contribution in [0.25, 0.3) is 0 Å². The van der Waals surface area contributed by atoms with Crippen LogP contribution in [0.4, 0.5) is 0 Å². The highest BCUT2D eigenvalue weighted by Gasteiger charge is 2.26. The van der Waals surface area contributed by atoms with Crippen LogP contribution in [-0.4, -0.2) is 16.3 Å². The summed E-state index contributed by atoms with van der Waals surface area (Å²) in [7, 11) is 0. The lowest BCUT2D eigenvalue weighted by molar-refractivity contribution is 0.289. The van der Waals surface area contributed by atoms with Crippen LogP contribution < -0.4 is 5.32 Å². The summed E-state index contributed by atoms with van der Waals surface area (Å²) < 4.78 is 3.21. The normalized spacial score (nSPS) is 15.1. The first-order valence-electron chi connectivity index (χ1n) is 6.97. The third-order valence-corrected chi connectivity index (χ3v) is 4.23. The fourth-order valence-corrected chi connectivity index (χ4v) is 2.69. The van der Waals surface area contributed by atoms with E-state index in [4.69, 9.17) is 0 Å². The second-order valence-corrected chi connectivity index (χ2v) is 6.08. The standard InChI is InChI=1S/C14H26BrN3/c1-6-8-16-13(11(5)10(3)4)14-12(15)9-17-18(14)7-2/h9-11,13,16H,6-8H2,1-5H3. The Hall–Kier alpha value is -0.350. The van der Waals surface area contributed by atoms with E-state index in [0.717, 1.165) is 24.0 Å². The quantitative estimate of drug-likeness (QED) is 0.824. The van der Waals surface area contributed by atoms with E-state index in [1.54, 1.807) is 0 Å². The van der Waals surface area contributed by atoms with Gasteiger partial charge in [-0.25, -0.2) is 0 Å². The second kappa shape index (κ2) is 7.29. The van der Waals surface area contributed by atoms with Gasteiger partial charge in [0, 0.05) is 6.54 Å². The number of nitrogens with zero attached hydrogens (tertiary/aromatic N) is 2. The van der Waals surface area contributed by atoms with Gasteiger partial charge in [0.15, 0.2) is 0 Å². The molecular formula is C14H26BrN3. The van der Waals surface area contributed by atoms with E-state index in [-0.39, 0.29) is 0 Å². The van der Waals surface area contributed by atoms with Gasteiger partial charge < -0.3 is 5.32 Å². The van der Waals surface area contributed by atoms with Crippen LogP contribution in [-0.2, 0) is 6.54 Å². The molecule has 1 N–H and O–H groups in total. The Morgan fingerprint density at radius 3 is 2.50 bits per heavy atom. The van der Waals surface area contributed by atoms with Gasteiger partial charge in [-0.15, -0.1) is 0 Å². The van der Waals surface area contributed by atoms with Crippen molar-refractivity contribution in [2.45, 2.75) is 53.6 Å². The Morgan fingerprint density at radius 2 is 2.00 bits per heavy atom. The van der Waals surface area contributed by atoms with E-state index >= 15 is 0 Å². The average molecular weight is 316 g/mol. The molecule has 3 nitrogen and oxygen atoms in total. The Balaban J connectivity index is 3.04. The molecule has 0 saturated heterocycles. The van der Waals surface area contributed by atoms with E-state index in [1.165, 1.54) is 5.69 Å². The van der Waals surface area contributed by atoms with Gasteiger partial charge in [0.1, 0.15) is 0 Å². The number of hydrogen-bond donors (Lipinski definition) is 1. The molecule has 0 aliphatic rings. The number of aromatic nitrogens is 2. The van der Waals surface area contributed by atoms with Gasteiger partial charge in [0.25, 0.3) is 0 Å². The van der Waals surface area contributed by atoms with Crippen molar-refractivity contribution in [1.29, 1.82) is 0 Å². The smallest absolute Gasteiger partial charge is 0.0698 e. The van der Waals surface area contributed by atoms with E-state index in [0.29, 0.717) is 17.9 Å². The van der Waals surface area contributed by atoms with Crippen LogP contribution in [0.5, 0.6) is 0 Å². The highest BCUT2D eigenvalue weighted by molar-refractivity contribution is 9.10. The van der Waals surface area contributed by atoms with Crippen molar-refractivity contribution in [2.24, 2.45) is 11.8 Å². The molecule has 18 heavy (non-hydrogen) atoms. The summed E-state index contributed by atoms with van der Waals surface area (Å²) in [4.78, 5) is 0. The predicted octanol–water partition coefficient (Wildman–Crippen LogP) is 4.00. The summed E-state index contributed by atoms with van der Waals surface area (Å²) in [6.07, 6.45) is 3.06. The van der Waals surface area contributed by atoms with Crippen LogP contribution >= 0.6 is 15.9 Å². The van der Waals surface area contributed by atoms with Gasteiger partial charge in [-0.05, 0) is 47.7 Å². The Labute approximate surface area is 119 Å². The maximum atomic E-state index is 4.43. The minimum absolute atomic E-state index is 0.363. The molecular weight excluding hydrogens is 290 g/mol. The maximum Gasteiger partial charge on any atom is 0.0698 e. The van der Waals surface area contributed by atoms with Crippen molar-refractivity contribution in [1.82, 2.24) is 15.1 Å². The van der Waals surface area contributed by atoms with Crippen molar-refractivity contribution in [2.75, 3.05) is 6.54 Å². The lowest BCUT2D eigenvalue weighted by atomic mass is 9.88. The van der Waals surface area contributed by atoms with Crippen molar-refractivity contribution in [3.05, 3.63) is 16.4 Å². The summed E-state index contributed by atoms with van der Waals surface area (Å²) in [5.74, 6) is 1.22. The van der Waals surface area contributed by atoms with Crippen LogP contribution in [0.2, 0.25) is 0 Å². The average Bonchev–Trinajstić information content (AvgIpc) is 2.71.